The van der Waals surface area contributed by atoms with E-state index in [0.29, 0.717) is 0 Å². The zero-order valence-electron chi connectivity index (χ0n) is 33.8. The number of hydrogen-bond acceptors (Lipinski definition) is 17. The summed E-state index contributed by atoms with van der Waals surface area (Å²) in [5, 5.41) is 14.6. The Kier molecular flexibility index (Phi) is 14.2. The molecule has 6 rings (SSSR count). The minimum atomic E-state index is -4.83. The molecule has 0 unspecified atom stereocenters. The number of carbonyl (C=O) groups is 5. The first-order valence-electron chi connectivity index (χ1n) is 18.6. The molecule has 23 nitrogen and oxygen atoms in total. The molecule has 352 valence electrons. The summed E-state index contributed by atoms with van der Waals surface area (Å²) >= 11 is 0. The lowest BCUT2D eigenvalue weighted by atomic mass is 10.1. The van der Waals surface area contributed by atoms with E-state index < -0.39 is 89.7 Å². The van der Waals surface area contributed by atoms with Crippen LogP contribution in [-0.2, 0) is 40.5 Å². The van der Waals surface area contributed by atoms with Gasteiger partial charge < -0.3 is 50.1 Å². The Labute approximate surface area is 385 Å². The predicted molar refractivity (Wildman–Crippen MR) is 235 cm³/mol. The van der Waals surface area contributed by atoms with Gasteiger partial charge in [-0.05, 0) is 133 Å². The molecular weight excluding hydrogens is 977 g/mol. The first-order valence-corrected chi connectivity index (χ1v) is 24.2. The second-order valence-corrected chi connectivity index (χ2v) is 19.4. The lowest BCUT2D eigenvalue weighted by Gasteiger charge is -2.15. The van der Waals surface area contributed by atoms with Crippen LogP contribution in [-0.4, -0.2) is 81.5 Å². The highest BCUT2D eigenvalue weighted by molar-refractivity contribution is 7.86. The number of benzene rings is 6. The number of amides is 6. The van der Waals surface area contributed by atoms with E-state index in [9.17, 15) is 75.9 Å². The molecule has 0 fully saturated rings. The number of hydrogen-bond donors (Lipinski definition) is 6. The van der Waals surface area contributed by atoms with Gasteiger partial charge in [0.05, 0.1) is 19.6 Å². The van der Waals surface area contributed by atoms with Crippen molar-refractivity contribution in [1.29, 1.82) is 0 Å². The third-order valence-corrected chi connectivity index (χ3v) is 12.4. The zero-order valence-corrected chi connectivity index (χ0v) is 37.0. The van der Waals surface area contributed by atoms with Crippen molar-refractivity contribution in [3.8, 4) is 0 Å². The summed E-state index contributed by atoms with van der Waals surface area (Å²) in [5.74, 6) is -3.69. The maximum absolute atomic E-state index is 13.6. The lowest BCUT2D eigenvalue weighted by molar-refractivity contribution is 0.101. The molecule has 0 aliphatic heterocycles. The Bertz CT molecular complexity index is 3020. The standard InChI is InChI=1S/C41H32N6O17S4/c48-37(42-27-1-9-33(10-2-27)65(53,54)55)23-17-24(38(49)43-28-3-11-34(12-4-28)66(56,57)58)20-31(19-23)46-41(52)47-32-21-25(39(50)44-29-5-13-35(14-6-29)67(59,60)61)18-26(22-32)40(51)45-30-7-15-36(16-8-30)68(62,63)64/h1-22H,(H,42,48)(H,43,49)(H,44,50)(H,45,51)(H2,46,47,52)(H,53,54,55)(H,56,57,58)(H,59,60,61)(H,62,63,64)/p-4. The molecule has 6 amide bonds. The van der Waals surface area contributed by atoms with Crippen LogP contribution in [0.2, 0.25) is 0 Å². The van der Waals surface area contributed by atoms with E-state index in [1.165, 1.54) is 0 Å². The topological polar surface area (TPSA) is 386 Å². The van der Waals surface area contributed by atoms with E-state index in [-0.39, 0.29) is 56.4 Å². The highest BCUT2D eigenvalue weighted by Crippen LogP contribution is 2.24. The van der Waals surface area contributed by atoms with Crippen LogP contribution >= 0.6 is 0 Å². The van der Waals surface area contributed by atoms with Crippen LogP contribution in [0.5, 0.6) is 0 Å². The number of urea groups is 1. The summed E-state index contributed by atoms with van der Waals surface area (Å²) in [7, 11) is -19.3. The van der Waals surface area contributed by atoms with Crippen molar-refractivity contribution in [2.45, 2.75) is 19.6 Å². The van der Waals surface area contributed by atoms with Crippen LogP contribution in [0.3, 0.4) is 0 Å². The van der Waals surface area contributed by atoms with E-state index in [1.54, 1.807) is 0 Å². The van der Waals surface area contributed by atoms with Crippen molar-refractivity contribution in [2.24, 2.45) is 0 Å². The number of nitrogens with one attached hydrogen (secondary N) is 6. The molecule has 0 aliphatic carbocycles. The Hall–Kier alpha value is -7.89. The molecule has 0 spiro atoms. The third kappa shape index (κ3) is 13.1. The largest absolute Gasteiger partial charge is 0.744 e. The van der Waals surface area contributed by atoms with Gasteiger partial charge >= 0.3 is 6.03 Å². The van der Waals surface area contributed by atoms with Gasteiger partial charge in [-0.15, -0.1) is 0 Å². The maximum Gasteiger partial charge on any atom is 0.323 e. The Morgan fingerprint density at radius 3 is 0.647 bits per heavy atom. The quantitative estimate of drug-likeness (QED) is 0.0841. The molecule has 68 heavy (non-hydrogen) atoms. The summed E-state index contributed by atoms with van der Waals surface area (Å²) < 4.78 is 137. The first-order chi connectivity index (χ1) is 31.7. The molecule has 0 bridgehead atoms. The third-order valence-electron chi connectivity index (χ3n) is 9.03. The maximum atomic E-state index is 13.6. The van der Waals surface area contributed by atoms with Crippen LogP contribution in [0, 0.1) is 0 Å². The molecule has 0 atom stereocenters. The van der Waals surface area contributed by atoms with Crippen LogP contribution in [0.1, 0.15) is 41.4 Å². The fourth-order valence-electron chi connectivity index (χ4n) is 5.85. The molecular formula is C41H28N6O17S4-4. The van der Waals surface area contributed by atoms with Crippen molar-refractivity contribution >= 4 is 104 Å². The SMILES string of the molecule is O=C(Nc1cc(C(=O)Nc2ccc(S(=O)(=O)[O-])cc2)cc(C(=O)Nc2ccc(S(=O)(=O)[O-])cc2)c1)Nc1cc(C(=O)Nc2ccc(S(=O)(=O)[O-])cc2)cc(C(=O)Nc2ccc(S(=O)(=O)[O-])cc2)c1. The van der Waals surface area contributed by atoms with Gasteiger partial charge in [-0.3, -0.25) is 19.2 Å². The fraction of sp³-hybridized carbons (Fsp3) is 0. The number of rotatable bonds is 14. The first kappa shape index (κ1) is 49.5. The average molecular weight is 1000 g/mol. The highest BCUT2D eigenvalue weighted by Gasteiger charge is 2.19. The molecule has 0 aromatic heterocycles. The fourth-order valence-corrected chi connectivity index (χ4v) is 7.73. The van der Waals surface area contributed by atoms with Gasteiger partial charge in [0.15, 0.2) is 0 Å². The molecule has 6 aromatic rings. The van der Waals surface area contributed by atoms with E-state index in [2.05, 4.69) is 31.9 Å². The van der Waals surface area contributed by atoms with Crippen LogP contribution in [0.25, 0.3) is 0 Å². The second kappa shape index (κ2) is 19.5. The smallest absolute Gasteiger partial charge is 0.323 e. The molecule has 6 aromatic carbocycles. The lowest BCUT2D eigenvalue weighted by Crippen LogP contribution is -2.22. The van der Waals surface area contributed by atoms with Crippen molar-refractivity contribution in [1.82, 2.24) is 0 Å². The van der Waals surface area contributed by atoms with Crippen molar-refractivity contribution in [3.05, 3.63) is 156 Å². The van der Waals surface area contributed by atoms with Crippen molar-refractivity contribution < 1.29 is 75.9 Å². The van der Waals surface area contributed by atoms with Gasteiger partial charge in [-0.1, -0.05) is 0 Å². The summed E-state index contributed by atoms with van der Waals surface area (Å²) in [4.78, 5) is 65.1. The summed E-state index contributed by atoms with van der Waals surface area (Å²) in [6.45, 7) is 0. The number of carbonyl (C=O) groups excluding carboxylic acids is 5. The van der Waals surface area contributed by atoms with Crippen molar-refractivity contribution in [3.63, 3.8) is 0 Å². The minimum absolute atomic E-state index is 0.00141. The Morgan fingerprint density at radius 2 is 0.471 bits per heavy atom. The second-order valence-electron chi connectivity index (χ2n) is 13.9. The van der Waals surface area contributed by atoms with Gasteiger partial charge in [0.1, 0.15) is 40.5 Å². The number of anilines is 6. The molecule has 0 heterocycles. The van der Waals surface area contributed by atoms with Gasteiger partial charge in [0.25, 0.3) is 23.6 Å². The van der Waals surface area contributed by atoms with Gasteiger partial charge in [-0.2, -0.15) is 0 Å². The zero-order chi connectivity index (χ0) is 49.8. The Morgan fingerprint density at radius 1 is 0.279 bits per heavy atom. The molecule has 0 radical (unpaired) electrons. The molecule has 0 aliphatic rings. The average Bonchev–Trinajstić information content (AvgIpc) is 3.25. The van der Waals surface area contributed by atoms with Crippen molar-refractivity contribution in [2.75, 3.05) is 31.9 Å². The molecule has 27 heteroatoms. The predicted octanol–water partition coefficient (Wildman–Crippen LogP) is 3.96. The summed E-state index contributed by atoms with van der Waals surface area (Å²) in [5.41, 5.74) is -1.63. The minimum Gasteiger partial charge on any atom is -0.744 e. The van der Waals surface area contributed by atoms with Crippen LogP contribution < -0.4 is 31.9 Å². The van der Waals surface area contributed by atoms with Gasteiger partial charge in [0.2, 0.25) is 0 Å². The normalized spacial score (nSPS) is 11.7. The summed E-state index contributed by atoms with van der Waals surface area (Å²) in [6, 6.07) is 21.8. The molecule has 0 saturated heterocycles. The molecule has 6 N–H and O–H groups in total. The van der Waals surface area contributed by atoms with Crippen LogP contribution in [0.15, 0.2) is 153 Å². The van der Waals surface area contributed by atoms with Gasteiger partial charge in [0, 0.05) is 56.4 Å². The van der Waals surface area contributed by atoms with E-state index in [0.717, 1.165) is 133 Å². The highest BCUT2D eigenvalue weighted by atomic mass is 32.2. The van der Waals surface area contributed by atoms with Gasteiger partial charge in [-0.25, -0.2) is 38.5 Å². The van der Waals surface area contributed by atoms with E-state index in [4.69, 9.17) is 0 Å². The summed E-state index contributed by atoms with van der Waals surface area (Å²) in [6.07, 6.45) is 0. The van der Waals surface area contributed by atoms with E-state index >= 15 is 0 Å². The molecule has 0 saturated carbocycles. The monoisotopic (exact) mass is 1000 g/mol. The Balaban J connectivity index is 1.30. The van der Waals surface area contributed by atoms with E-state index in [1.807, 2.05) is 0 Å². The van der Waals surface area contributed by atoms with Crippen LogP contribution in [0.4, 0.5) is 38.9 Å².